The molecule has 1 N–H and O–H groups in total. The molecule has 0 spiro atoms. The minimum Gasteiger partial charge on any atom is -0.311 e. The first-order valence-corrected chi connectivity index (χ1v) is 7.43. The summed E-state index contributed by atoms with van der Waals surface area (Å²) in [6, 6.07) is 6.39. The fourth-order valence-corrected chi connectivity index (χ4v) is 2.27. The van der Waals surface area contributed by atoms with Gasteiger partial charge in [-0.1, -0.05) is 50.9 Å². The third-order valence-electron chi connectivity index (χ3n) is 3.30. The van der Waals surface area contributed by atoms with Crippen LogP contribution in [-0.4, -0.2) is 22.0 Å². The molecular formula is C16H22ClN3. The second kappa shape index (κ2) is 6.42. The summed E-state index contributed by atoms with van der Waals surface area (Å²) in [4.78, 5) is 4.38. The zero-order chi connectivity index (χ0) is 14.7. The Labute approximate surface area is 125 Å². The van der Waals surface area contributed by atoms with Crippen molar-refractivity contribution in [1.29, 1.82) is 0 Å². The van der Waals surface area contributed by atoms with Gasteiger partial charge in [0.15, 0.2) is 5.15 Å². The topological polar surface area (TPSA) is 29.3 Å². The molecule has 2 aromatic heterocycles. The van der Waals surface area contributed by atoms with Gasteiger partial charge in [-0.25, -0.2) is 4.98 Å². The molecule has 0 aliphatic heterocycles. The van der Waals surface area contributed by atoms with E-state index >= 15 is 0 Å². The Morgan fingerprint density at radius 3 is 2.75 bits per heavy atom. The highest BCUT2D eigenvalue weighted by Gasteiger charge is 2.11. The summed E-state index contributed by atoms with van der Waals surface area (Å²) in [6.07, 6.45) is 4.15. The lowest BCUT2D eigenvalue weighted by Crippen LogP contribution is -2.26. The van der Waals surface area contributed by atoms with E-state index in [1.54, 1.807) is 0 Å². The molecule has 20 heavy (non-hydrogen) atoms. The highest BCUT2D eigenvalue weighted by Crippen LogP contribution is 2.22. The third kappa shape index (κ3) is 3.41. The number of imidazole rings is 1. The lowest BCUT2D eigenvalue weighted by Gasteiger charge is -2.15. The molecule has 0 radical (unpaired) electrons. The Bertz CT molecular complexity index is 611. The molecule has 0 atom stereocenters. The van der Waals surface area contributed by atoms with Crippen LogP contribution in [0, 0.1) is 5.92 Å². The number of fused-ring (bicyclic) bond motifs is 1. The number of aromatic nitrogens is 2. The summed E-state index contributed by atoms with van der Waals surface area (Å²) < 4.78 is 2.03. The molecule has 0 aromatic carbocycles. The second-order valence-electron chi connectivity index (χ2n) is 5.63. The first-order chi connectivity index (χ1) is 9.49. The van der Waals surface area contributed by atoms with Crippen LogP contribution in [0.3, 0.4) is 0 Å². The van der Waals surface area contributed by atoms with Crippen LogP contribution < -0.4 is 5.32 Å². The number of nitrogens with zero attached hydrogens (tertiary/aromatic N) is 2. The van der Waals surface area contributed by atoms with Gasteiger partial charge in [0.25, 0.3) is 0 Å². The molecule has 0 unspecified atom stereocenters. The van der Waals surface area contributed by atoms with Crippen LogP contribution in [0.25, 0.3) is 11.7 Å². The van der Waals surface area contributed by atoms with Gasteiger partial charge < -0.3 is 5.32 Å². The average Bonchev–Trinajstić information content (AvgIpc) is 2.70. The van der Waals surface area contributed by atoms with Gasteiger partial charge >= 0.3 is 0 Å². The number of rotatable bonds is 5. The van der Waals surface area contributed by atoms with Gasteiger partial charge in [-0.05, 0) is 24.1 Å². The van der Waals surface area contributed by atoms with Gasteiger partial charge in [0, 0.05) is 18.8 Å². The molecule has 108 valence electrons. The van der Waals surface area contributed by atoms with Crippen molar-refractivity contribution in [3.05, 3.63) is 40.8 Å². The molecule has 4 heteroatoms. The Kier molecular flexibility index (Phi) is 4.84. The van der Waals surface area contributed by atoms with Crippen molar-refractivity contribution in [1.82, 2.24) is 14.7 Å². The number of halogens is 1. The molecule has 3 nitrogen and oxygen atoms in total. The summed E-state index contributed by atoms with van der Waals surface area (Å²) in [5.74, 6) is 0.464. The minimum atomic E-state index is 0.464. The van der Waals surface area contributed by atoms with Crippen LogP contribution in [0.2, 0.25) is 5.15 Å². The highest BCUT2D eigenvalue weighted by atomic mass is 35.5. The van der Waals surface area contributed by atoms with Crippen molar-refractivity contribution in [2.24, 2.45) is 5.92 Å². The first-order valence-electron chi connectivity index (χ1n) is 7.05. The molecular weight excluding hydrogens is 270 g/mol. The number of pyridine rings is 1. The van der Waals surface area contributed by atoms with E-state index in [0.717, 1.165) is 17.9 Å². The zero-order valence-electron chi connectivity index (χ0n) is 12.5. The van der Waals surface area contributed by atoms with Gasteiger partial charge in [-0.2, -0.15) is 0 Å². The Morgan fingerprint density at radius 2 is 2.10 bits per heavy atom. The lowest BCUT2D eigenvalue weighted by atomic mass is 10.0. The summed E-state index contributed by atoms with van der Waals surface area (Å²) in [5.41, 5.74) is 3.16. The molecule has 0 amide bonds. The molecule has 0 bridgehead atoms. The monoisotopic (exact) mass is 291 g/mol. The van der Waals surface area contributed by atoms with E-state index in [0.29, 0.717) is 17.1 Å². The van der Waals surface area contributed by atoms with Gasteiger partial charge in [-0.15, -0.1) is 0 Å². The van der Waals surface area contributed by atoms with Gasteiger partial charge in [0.05, 0.1) is 5.69 Å². The maximum Gasteiger partial charge on any atom is 0.155 e. The number of hydrogen-bond donors (Lipinski definition) is 1. The van der Waals surface area contributed by atoms with Crippen LogP contribution in [-0.2, 0) is 0 Å². The maximum absolute atomic E-state index is 6.28. The van der Waals surface area contributed by atoms with E-state index in [1.165, 1.54) is 5.57 Å². The van der Waals surface area contributed by atoms with E-state index in [1.807, 2.05) is 28.8 Å². The maximum atomic E-state index is 6.28. The third-order valence-corrected chi connectivity index (χ3v) is 3.58. The van der Waals surface area contributed by atoms with Crippen LogP contribution in [0.15, 0.2) is 30.0 Å². The van der Waals surface area contributed by atoms with Gasteiger partial charge in [0.1, 0.15) is 5.65 Å². The minimum absolute atomic E-state index is 0.464. The Balaban J connectivity index is 2.40. The standard InChI is InChI=1S/C16H22ClN3/c1-11(2)13(10-18-12(3)4)9-14-16(17)19-15-7-5-6-8-20(14)15/h5-9,11-12,18H,10H2,1-4H3. The van der Waals surface area contributed by atoms with E-state index in [-0.39, 0.29) is 0 Å². The molecule has 2 aromatic rings. The van der Waals surface area contributed by atoms with E-state index in [2.05, 4.69) is 44.1 Å². The van der Waals surface area contributed by atoms with Crippen molar-refractivity contribution >= 4 is 23.3 Å². The molecule has 2 rings (SSSR count). The van der Waals surface area contributed by atoms with Gasteiger partial charge in [0.2, 0.25) is 0 Å². The summed E-state index contributed by atoms with van der Waals surface area (Å²) >= 11 is 6.28. The smallest absolute Gasteiger partial charge is 0.155 e. The van der Waals surface area contributed by atoms with Crippen molar-refractivity contribution in [3.8, 4) is 0 Å². The van der Waals surface area contributed by atoms with Crippen molar-refractivity contribution in [2.75, 3.05) is 6.54 Å². The van der Waals surface area contributed by atoms with Crippen LogP contribution in [0.1, 0.15) is 33.4 Å². The number of hydrogen-bond acceptors (Lipinski definition) is 2. The largest absolute Gasteiger partial charge is 0.311 e. The first kappa shape index (κ1) is 15.1. The predicted molar refractivity (Wildman–Crippen MR) is 86.2 cm³/mol. The van der Waals surface area contributed by atoms with Crippen LogP contribution in [0.5, 0.6) is 0 Å². The van der Waals surface area contributed by atoms with Crippen molar-refractivity contribution in [2.45, 2.75) is 33.7 Å². The number of nitrogens with one attached hydrogen (secondary N) is 1. The van der Waals surface area contributed by atoms with Crippen molar-refractivity contribution in [3.63, 3.8) is 0 Å². The zero-order valence-corrected chi connectivity index (χ0v) is 13.3. The summed E-state index contributed by atoms with van der Waals surface area (Å²) in [5, 5.41) is 4.02. The normalized spacial score (nSPS) is 12.8. The van der Waals surface area contributed by atoms with E-state index in [4.69, 9.17) is 11.6 Å². The predicted octanol–water partition coefficient (Wildman–Crippen LogP) is 4.03. The van der Waals surface area contributed by atoms with Crippen LogP contribution in [0.4, 0.5) is 0 Å². The average molecular weight is 292 g/mol. The SMILES string of the molecule is CC(C)NCC(=Cc1c(Cl)nc2ccccn12)C(C)C. The van der Waals surface area contributed by atoms with Crippen LogP contribution >= 0.6 is 11.6 Å². The quantitative estimate of drug-likeness (QED) is 0.901. The van der Waals surface area contributed by atoms with E-state index < -0.39 is 0 Å². The molecule has 0 saturated carbocycles. The molecule has 0 saturated heterocycles. The second-order valence-corrected chi connectivity index (χ2v) is 5.98. The van der Waals surface area contributed by atoms with E-state index in [9.17, 15) is 0 Å². The van der Waals surface area contributed by atoms with Crippen molar-refractivity contribution < 1.29 is 0 Å². The molecule has 0 fully saturated rings. The molecule has 0 aliphatic rings. The lowest BCUT2D eigenvalue weighted by molar-refractivity contribution is 0.593. The molecule has 2 heterocycles. The Morgan fingerprint density at radius 1 is 1.35 bits per heavy atom. The highest BCUT2D eigenvalue weighted by molar-refractivity contribution is 6.31. The summed E-state index contributed by atoms with van der Waals surface area (Å²) in [6.45, 7) is 9.57. The fraction of sp³-hybridized carbons (Fsp3) is 0.438. The summed E-state index contributed by atoms with van der Waals surface area (Å²) in [7, 11) is 0. The fourth-order valence-electron chi connectivity index (χ4n) is 2.03. The Hall–Kier alpha value is -1.32. The van der Waals surface area contributed by atoms with Gasteiger partial charge in [-0.3, -0.25) is 4.40 Å². The molecule has 0 aliphatic carbocycles.